The lowest BCUT2D eigenvalue weighted by atomic mass is 10.2. The van der Waals surface area contributed by atoms with E-state index < -0.39 is 6.09 Å². The molecule has 0 radical (unpaired) electrons. The number of fused-ring (bicyclic) bond motifs is 1. The van der Waals surface area contributed by atoms with Gasteiger partial charge in [-0.2, -0.15) is 0 Å². The molecule has 0 bridgehead atoms. The lowest BCUT2D eigenvalue weighted by Crippen LogP contribution is -2.40. The lowest BCUT2D eigenvalue weighted by Gasteiger charge is -2.20. The molecule has 114 valence electrons. The second-order valence-electron chi connectivity index (χ2n) is 4.92. The minimum absolute atomic E-state index is 0.238. The number of rotatable bonds is 4. The summed E-state index contributed by atoms with van der Waals surface area (Å²) in [6, 6.07) is 11.2. The van der Waals surface area contributed by atoms with Gasteiger partial charge in [-0.3, -0.25) is 0 Å². The maximum absolute atomic E-state index is 11.8. The molecule has 0 fully saturated rings. The van der Waals surface area contributed by atoms with E-state index in [4.69, 9.17) is 9.47 Å². The highest BCUT2D eigenvalue weighted by atomic mass is 32.1. The van der Waals surface area contributed by atoms with Gasteiger partial charge in [-0.15, -0.1) is 11.3 Å². The Morgan fingerprint density at radius 3 is 3.05 bits per heavy atom. The molecular formula is C16H16N2O3S. The first-order valence-corrected chi connectivity index (χ1v) is 7.85. The molecule has 5 nitrogen and oxygen atoms in total. The molecular weight excluding hydrogens is 300 g/mol. The molecule has 1 N–H and O–H groups in total. The number of carbonyl (C=O) groups is 1. The van der Waals surface area contributed by atoms with Gasteiger partial charge in [0, 0.05) is 5.56 Å². The molecule has 22 heavy (non-hydrogen) atoms. The molecule has 0 saturated heterocycles. The van der Waals surface area contributed by atoms with Crippen molar-refractivity contribution in [1.29, 1.82) is 0 Å². The number of alkyl carbamates (subject to hydrolysis) is 1. The number of amides is 1. The van der Waals surface area contributed by atoms with Crippen molar-refractivity contribution >= 4 is 28.3 Å². The molecule has 0 saturated carbocycles. The zero-order chi connectivity index (χ0) is 15.4. The van der Waals surface area contributed by atoms with Gasteiger partial charge >= 0.3 is 6.09 Å². The Balaban J connectivity index is 1.53. The number of hydrogen-bond donors (Lipinski definition) is 1. The summed E-state index contributed by atoms with van der Waals surface area (Å²) in [6.07, 6.45) is -0.486. The molecule has 0 unspecified atom stereocenters. The number of carbonyl (C=O) groups excluding carboxylic acids is 1. The van der Waals surface area contributed by atoms with Crippen LogP contribution in [0.15, 0.2) is 46.8 Å². The van der Waals surface area contributed by atoms with E-state index in [-0.39, 0.29) is 12.6 Å². The summed E-state index contributed by atoms with van der Waals surface area (Å²) in [7, 11) is 0. The number of nitrogens with zero attached hydrogens (tertiary/aromatic N) is 1. The van der Waals surface area contributed by atoms with Crippen molar-refractivity contribution in [3.8, 4) is 0 Å². The van der Waals surface area contributed by atoms with Crippen molar-refractivity contribution in [3.63, 3.8) is 0 Å². The van der Waals surface area contributed by atoms with Crippen LogP contribution in [0.5, 0.6) is 0 Å². The standard InChI is InChI=1S/C16H16N2O3S/c1-11(14-18-15-13(10-20-14)7-8-22-15)17-16(19)21-9-12-5-3-2-4-6-12/h2-8,11H,9-10H2,1H3,(H,17,19)/t11-/m0/s1. The number of nitrogens with one attached hydrogen (secondary N) is 1. The molecule has 1 aliphatic heterocycles. The van der Waals surface area contributed by atoms with E-state index >= 15 is 0 Å². The van der Waals surface area contributed by atoms with E-state index in [1.165, 1.54) is 0 Å². The summed E-state index contributed by atoms with van der Waals surface area (Å²) >= 11 is 1.56. The first-order valence-electron chi connectivity index (χ1n) is 6.97. The number of ether oxygens (including phenoxy) is 2. The molecule has 3 rings (SSSR count). The van der Waals surface area contributed by atoms with E-state index in [1.807, 2.05) is 48.7 Å². The van der Waals surface area contributed by atoms with Crippen molar-refractivity contribution in [1.82, 2.24) is 5.32 Å². The first kappa shape index (κ1) is 14.6. The first-order chi connectivity index (χ1) is 10.7. The number of hydrogen-bond acceptors (Lipinski definition) is 5. The average molecular weight is 316 g/mol. The predicted molar refractivity (Wildman–Crippen MR) is 85.4 cm³/mol. The van der Waals surface area contributed by atoms with E-state index in [0.717, 1.165) is 16.1 Å². The fourth-order valence-electron chi connectivity index (χ4n) is 2.04. The van der Waals surface area contributed by atoms with Gasteiger partial charge in [-0.1, -0.05) is 30.3 Å². The minimum atomic E-state index is -0.486. The summed E-state index contributed by atoms with van der Waals surface area (Å²) in [4.78, 5) is 16.2. The summed E-state index contributed by atoms with van der Waals surface area (Å²) in [6.45, 7) is 2.55. The minimum Gasteiger partial charge on any atom is -0.474 e. The third kappa shape index (κ3) is 3.46. The highest BCUT2D eigenvalue weighted by Gasteiger charge is 2.21. The Hall–Kier alpha value is -2.34. The second-order valence-corrected chi connectivity index (χ2v) is 5.81. The Kier molecular flexibility index (Phi) is 4.39. The average Bonchev–Trinajstić information content (AvgIpc) is 3.01. The van der Waals surface area contributed by atoms with Gasteiger partial charge < -0.3 is 14.8 Å². The topological polar surface area (TPSA) is 59.9 Å². The van der Waals surface area contributed by atoms with Crippen molar-refractivity contribution in [2.24, 2.45) is 4.99 Å². The second kappa shape index (κ2) is 6.62. The lowest BCUT2D eigenvalue weighted by molar-refractivity contribution is 0.137. The summed E-state index contributed by atoms with van der Waals surface area (Å²) < 4.78 is 10.8. The molecule has 0 spiro atoms. The molecule has 1 atom stereocenters. The summed E-state index contributed by atoms with van der Waals surface area (Å²) in [5.74, 6) is 0.506. The Morgan fingerprint density at radius 2 is 2.23 bits per heavy atom. The Morgan fingerprint density at radius 1 is 1.41 bits per heavy atom. The van der Waals surface area contributed by atoms with Crippen LogP contribution >= 0.6 is 11.3 Å². The largest absolute Gasteiger partial charge is 0.474 e. The molecule has 2 heterocycles. The highest BCUT2D eigenvalue weighted by molar-refractivity contribution is 7.14. The molecule has 0 aliphatic carbocycles. The van der Waals surface area contributed by atoms with Crippen LogP contribution in [-0.4, -0.2) is 18.0 Å². The van der Waals surface area contributed by atoms with Gasteiger partial charge in [0.15, 0.2) is 0 Å². The van der Waals surface area contributed by atoms with Crippen LogP contribution in [0.1, 0.15) is 18.1 Å². The fourth-order valence-corrected chi connectivity index (χ4v) is 2.83. The normalized spacial score (nSPS) is 14.3. The van der Waals surface area contributed by atoms with Gasteiger partial charge in [0.25, 0.3) is 0 Å². The maximum Gasteiger partial charge on any atom is 0.408 e. The molecule has 6 heteroatoms. The van der Waals surface area contributed by atoms with Crippen molar-refractivity contribution in [3.05, 3.63) is 52.9 Å². The number of thiophene rings is 1. The third-order valence-corrected chi connectivity index (χ3v) is 4.08. The van der Waals surface area contributed by atoms with Gasteiger partial charge in [0.05, 0.1) is 0 Å². The molecule has 2 aromatic rings. The molecule has 1 aromatic heterocycles. The van der Waals surface area contributed by atoms with E-state index in [1.54, 1.807) is 11.3 Å². The summed E-state index contributed by atoms with van der Waals surface area (Å²) in [5, 5.41) is 5.65. The van der Waals surface area contributed by atoms with E-state index in [0.29, 0.717) is 12.5 Å². The van der Waals surface area contributed by atoms with Crippen LogP contribution < -0.4 is 5.32 Å². The SMILES string of the molecule is C[C@H](NC(=O)OCc1ccccc1)C1=Nc2sccc2CO1. The van der Waals surface area contributed by atoms with Crippen LogP contribution in [0, 0.1) is 0 Å². The van der Waals surface area contributed by atoms with Crippen LogP contribution in [0.3, 0.4) is 0 Å². The van der Waals surface area contributed by atoms with Crippen LogP contribution in [-0.2, 0) is 22.7 Å². The summed E-state index contributed by atoms with van der Waals surface area (Å²) in [5.41, 5.74) is 2.02. The number of benzene rings is 1. The zero-order valence-corrected chi connectivity index (χ0v) is 12.9. The Bertz CT molecular complexity index is 682. The quantitative estimate of drug-likeness (QED) is 0.937. The predicted octanol–water partition coefficient (Wildman–Crippen LogP) is 3.62. The maximum atomic E-state index is 11.8. The fraction of sp³-hybridized carbons (Fsp3) is 0.250. The molecule has 1 aromatic carbocycles. The van der Waals surface area contributed by atoms with Crippen molar-refractivity contribution in [2.45, 2.75) is 26.2 Å². The van der Waals surface area contributed by atoms with Gasteiger partial charge in [-0.05, 0) is 23.9 Å². The van der Waals surface area contributed by atoms with Crippen LogP contribution in [0.25, 0.3) is 0 Å². The van der Waals surface area contributed by atoms with Gasteiger partial charge in [0.2, 0.25) is 5.90 Å². The number of aliphatic imine (C=N–C) groups is 1. The third-order valence-electron chi connectivity index (χ3n) is 3.23. The van der Waals surface area contributed by atoms with Gasteiger partial charge in [0.1, 0.15) is 24.3 Å². The highest BCUT2D eigenvalue weighted by Crippen LogP contribution is 2.30. The van der Waals surface area contributed by atoms with Crippen LogP contribution in [0.4, 0.5) is 9.80 Å². The monoisotopic (exact) mass is 316 g/mol. The van der Waals surface area contributed by atoms with Gasteiger partial charge in [-0.25, -0.2) is 9.79 Å². The smallest absolute Gasteiger partial charge is 0.408 e. The van der Waals surface area contributed by atoms with Crippen LogP contribution in [0.2, 0.25) is 0 Å². The molecule has 1 aliphatic rings. The zero-order valence-electron chi connectivity index (χ0n) is 12.1. The van der Waals surface area contributed by atoms with Crippen molar-refractivity contribution < 1.29 is 14.3 Å². The molecule has 1 amide bonds. The van der Waals surface area contributed by atoms with E-state index in [2.05, 4.69) is 10.3 Å². The van der Waals surface area contributed by atoms with E-state index in [9.17, 15) is 4.79 Å². The van der Waals surface area contributed by atoms with Crippen molar-refractivity contribution in [2.75, 3.05) is 0 Å². The Labute approximate surface area is 132 Å².